The number of hydrogen-bond acceptors (Lipinski definition) is 3. The highest BCUT2D eigenvalue weighted by Crippen LogP contribution is 2.25. The van der Waals surface area contributed by atoms with Gasteiger partial charge in [0.1, 0.15) is 0 Å². The van der Waals surface area contributed by atoms with Gasteiger partial charge in [0.2, 0.25) is 5.82 Å². The monoisotopic (exact) mass is 348 g/mol. The second-order valence-electron chi connectivity index (χ2n) is 6.52. The first-order valence-electron chi connectivity index (χ1n) is 8.90. The fourth-order valence-corrected chi connectivity index (χ4v) is 2.83. The van der Waals surface area contributed by atoms with Crippen molar-refractivity contribution >= 4 is 5.91 Å². The Morgan fingerprint density at radius 1 is 1.12 bits per heavy atom. The van der Waals surface area contributed by atoms with Crippen LogP contribution in [0.25, 0.3) is 17.1 Å². The Hall–Kier alpha value is -2.95. The Labute approximate surface area is 154 Å². The zero-order chi connectivity index (χ0) is 18.7. The molecule has 2 aromatic carbocycles. The molecule has 0 radical (unpaired) electrons. The third-order valence-electron chi connectivity index (χ3n) is 4.43. The van der Waals surface area contributed by atoms with Crippen molar-refractivity contribution in [1.82, 2.24) is 20.1 Å². The molecule has 0 aliphatic heterocycles. The highest BCUT2D eigenvalue weighted by molar-refractivity contribution is 5.91. The maximum Gasteiger partial charge on any atom is 0.290 e. The zero-order valence-electron chi connectivity index (χ0n) is 15.7. The van der Waals surface area contributed by atoms with Gasteiger partial charge in [-0.1, -0.05) is 42.8 Å². The van der Waals surface area contributed by atoms with Crippen LogP contribution in [-0.4, -0.2) is 27.2 Å². The van der Waals surface area contributed by atoms with E-state index in [-0.39, 0.29) is 11.7 Å². The maximum atomic E-state index is 12.4. The average molecular weight is 348 g/mol. The Bertz CT molecular complexity index is 943. The van der Waals surface area contributed by atoms with Crippen LogP contribution in [0.3, 0.4) is 0 Å². The summed E-state index contributed by atoms with van der Waals surface area (Å²) in [5, 5.41) is 7.39. The summed E-state index contributed by atoms with van der Waals surface area (Å²) in [6.45, 7) is 8.79. The Balaban J connectivity index is 2.16. The maximum absolute atomic E-state index is 12.4. The second kappa shape index (κ2) is 7.52. The lowest BCUT2D eigenvalue weighted by Gasteiger charge is -2.11. The van der Waals surface area contributed by atoms with Gasteiger partial charge < -0.3 is 5.32 Å². The molecule has 1 heterocycles. The summed E-state index contributed by atoms with van der Waals surface area (Å²) >= 11 is 0. The van der Waals surface area contributed by atoms with Gasteiger partial charge in [-0.05, 0) is 50.5 Å². The fourth-order valence-electron chi connectivity index (χ4n) is 2.83. The van der Waals surface area contributed by atoms with E-state index in [2.05, 4.69) is 41.4 Å². The molecule has 0 aliphatic carbocycles. The van der Waals surface area contributed by atoms with E-state index in [1.807, 2.05) is 44.2 Å². The minimum atomic E-state index is -0.246. The van der Waals surface area contributed by atoms with Crippen LogP contribution in [0.1, 0.15) is 40.7 Å². The molecule has 1 aromatic heterocycles. The minimum absolute atomic E-state index is 0.191. The van der Waals surface area contributed by atoms with Crippen LogP contribution in [-0.2, 0) is 0 Å². The van der Waals surface area contributed by atoms with E-state index in [1.165, 1.54) is 5.56 Å². The van der Waals surface area contributed by atoms with E-state index in [0.29, 0.717) is 12.4 Å². The van der Waals surface area contributed by atoms with E-state index < -0.39 is 0 Å². The van der Waals surface area contributed by atoms with Gasteiger partial charge in [-0.25, -0.2) is 9.67 Å². The van der Waals surface area contributed by atoms with Crippen LogP contribution >= 0.6 is 0 Å². The first-order valence-corrected chi connectivity index (χ1v) is 8.90. The van der Waals surface area contributed by atoms with Crippen LogP contribution < -0.4 is 5.32 Å². The number of carbonyl (C=O) groups is 1. The molecule has 5 heteroatoms. The Morgan fingerprint density at radius 2 is 1.88 bits per heavy atom. The largest absolute Gasteiger partial charge is 0.349 e. The standard InChI is InChI=1S/C21H24N4O/c1-5-12-22-21(26)19-23-20(17-10-6-8-14(2)13-17)25(24-19)18-11-7-9-15(3)16(18)4/h6-11,13H,5,12H2,1-4H3,(H,22,26). The van der Waals surface area contributed by atoms with E-state index >= 15 is 0 Å². The van der Waals surface area contributed by atoms with Crippen molar-refractivity contribution in [3.8, 4) is 17.1 Å². The molecule has 3 rings (SSSR count). The number of nitrogens with one attached hydrogen (secondary N) is 1. The van der Waals surface area contributed by atoms with Crippen LogP contribution in [0.15, 0.2) is 42.5 Å². The van der Waals surface area contributed by atoms with Crippen molar-refractivity contribution in [2.45, 2.75) is 34.1 Å². The van der Waals surface area contributed by atoms with Crippen molar-refractivity contribution < 1.29 is 4.79 Å². The summed E-state index contributed by atoms with van der Waals surface area (Å²) in [7, 11) is 0. The smallest absolute Gasteiger partial charge is 0.290 e. The predicted molar refractivity (Wildman–Crippen MR) is 104 cm³/mol. The molecular weight excluding hydrogens is 324 g/mol. The number of hydrogen-bond donors (Lipinski definition) is 1. The van der Waals surface area contributed by atoms with Crippen molar-refractivity contribution in [2.75, 3.05) is 6.54 Å². The van der Waals surface area contributed by atoms with Gasteiger partial charge >= 0.3 is 0 Å². The van der Waals surface area contributed by atoms with E-state index in [9.17, 15) is 4.79 Å². The first-order chi connectivity index (χ1) is 12.5. The lowest BCUT2D eigenvalue weighted by Crippen LogP contribution is -2.25. The summed E-state index contributed by atoms with van der Waals surface area (Å²) in [5.41, 5.74) is 5.29. The third-order valence-corrected chi connectivity index (χ3v) is 4.43. The summed E-state index contributed by atoms with van der Waals surface area (Å²) < 4.78 is 1.78. The zero-order valence-corrected chi connectivity index (χ0v) is 15.7. The van der Waals surface area contributed by atoms with Crippen molar-refractivity contribution in [1.29, 1.82) is 0 Å². The van der Waals surface area contributed by atoms with Gasteiger partial charge in [0.25, 0.3) is 5.91 Å². The molecular formula is C21H24N4O. The molecule has 5 nitrogen and oxygen atoms in total. The summed E-state index contributed by atoms with van der Waals surface area (Å²) in [5.74, 6) is 0.615. The molecule has 0 unspecified atom stereocenters. The molecule has 0 saturated heterocycles. The van der Waals surface area contributed by atoms with Gasteiger partial charge in [-0.2, -0.15) is 0 Å². The Morgan fingerprint density at radius 3 is 2.62 bits per heavy atom. The van der Waals surface area contributed by atoms with Crippen LogP contribution in [0.2, 0.25) is 0 Å². The average Bonchev–Trinajstić information content (AvgIpc) is 3.07. The van der Waals surface area contributed by atoms with Crippen LogP contribution in [0.5, 0.6) is 0 Å². The number of benzene rings is 2. The number of rotatable bonds is 5. The molecule has 0 fully saturated rings. The first kappa shape index (κ1) is 17.9. The summed E-state index contributed by atoms with van der Waals surface area (Å²) in [6, 6.07) is 14.1. The number of aromatic nitrogens is 3. The molecule has 0 spiro atoms. The number of carbonyl (C=O) groups excluding carboxylic acids is 1. The minimum Gasteiger partial charge on any atom is -0.349 e. The normalized spacial score (nSPS) is 10.8. The molecule has 1 N–H and O–H groups in total. The molecule has 0 atom stereocenters. The Kier molecular flexibility index (Phi) is 5.16. The van der Waals surface area contributed by atoms with Crippen LogP contribution in [0, 0.1) is 20.8 Å². The molecule has 26 heavy (non-hydrogen) atoms. The van der Waals surface area contributed by atoms with Gasteiger partial charge in [-0.15, -0.1) is 5.10 Å². The summed E-state index contributed by atoms with van der Waals surface area (Å²) in [6.07, 6.45) is 0.869. The molecule has 3 aromatic rings. The molecule has 1 amide bonds. The van der Waals surface area contributed by atoms with E-state index in [4.69, 9.17) is 0 Å². The number of amides is 1. The number of aryl methyl sites for hydroxylation is 2. The third kappa shape index (κ3) is 3.52. The van der Waals surface area contributed by atoms with Gasteiger partial charge in [-0.3, -0.25) is 4.79 Å². The van der Waals surface area contributed by atoms with E-state index in [1.54, 1.807) is 4.68 Å². The fraction of sp³-hybridized carbons (Fsp3) is 0.286. The van der Waals surface area contributed by atoms with Gasteiger partial charge in [0.05, 0.1) is 5.69 Å². The molecule has 134 valence electrons. The van der Waals surface area contributed by atoms with Crippen LogP contribution in [0.4, 0.5) is 0 Å². The predicted octanol–water partition coefficient (Wildman–Crippen LogP) is 4.00. The highest BCUT2D eigenvalue weighted by atomic mass is 16.2. The lowest BCUT2D eigenvalue weighted by atomic mass is 10.1. The van der Waals surface area contributed by atoms with Crippen molar-refractivity contribution in [3.05, 3.63) is 65.0 Å². The quantitative estimate of drug-likeness (QED) is 0.758. The second-order valence-corrected chi connectivity index (χ2v) is 6.52. The van der Waals surface area contributed by atoms with E-state index in [0.717, 1.165) is 28.8 Å². The molecule has 0 aliphatic rings. The van der Waals surface area contributed by atoms with Crippen molar-refractivity contribution in [2.24, 2.45) is 0 Å². The lowest BCUT2D eigenvalue weighted by molar-refractivity contribution is 0.0943. The number of nitrogens with zero attached hydrogens (tertiary/aromatic N) is 3. The van der Waals surface area contributed by atoms with Gasteiger partial charge in [0.15, 0.2) is 5.82 Å². The van der Waals surface area contributed by atoms with Crippen molar-refractivity contribution in [3.63, 3.8) is 0 Å². The summed E-state index contributed by atoms with van der Waals surface area (Å²) in [4.78, 5) is 17.0. The highest BCUT2D eigenvalue weighted by Gasteiger charge is 2.19. The molecule has 0 bridgehead atoms. The molecule has 0 saturated carbocycles. The van der Waals surface area contributed by atoms with Gasteiger partial charge in [0, 0.05) is 12.1 Å². The topological polar surface area (TPSA) is 59.8 Å². The SMILES string of the molecule is CCCNC(=O)c1nc(-c2cccc(C)c2)n(-c2cccc(C)c2C)n1.